The minimum atomic E-state index is -0.364. The topological polar surface area (TPSA) is 65.1 Å². The van der Waals surface area contributed by atoms with Gasteiger partial charge in [0.15, 0.2) is 0 Å². The number of fused-ring (bicyclic) bond motifs is 1. The molecule has 0 radical (unpaired) electrons. The van der Waals surface area contributed by atoms with E-state index < -0.39 is 0 Å². The maximum atomic E-state index is 10.9. The molecule has 0 saturated heterocycles. The average molecular weight is 323 g/mol. The van der Waals surface area contributed by atoms with E-state index >= 15 is 0 Å². The summed E-state index contributed by atoms with van der Waals surface area (Å²) in [5.74, 6) is 0.928. The van der Waals surface area contributed by atoms with Crippen molar-refractivity contribution in [1.29, 1.82) is 0 Å². The number of nitro groups is 1. The lowest BCUT2D eigenvalue weighted by molar-refractivity contribution is -0.513. The summed E-state index contributed by atoms with van der Waals surface area (Å²) in [6.45, 7) is 0. The zero-order chi connectivity index (χ0) is 16.5. The average Bonchev–Trinajstić information content (AvgIpc) is 3.02. The standard InChI is InChI=1S/C18H19N4O2/c23-22(24)16-9-7-14(8-10-16)17-13-20-12-4-11-19-18(20)21(17)15-5-2-1-3-6-15/h4,7-13,15H,1-3,5-6H2/q+1. The predicted molar refractivity (Wildman–Crippen MR) is 89.6 cm³/mol. The molecule has 1 saturated carbocycles. The SMILES string of the molecule is O=[N+]([O-])c1ccc(-c2c[n+]3cccnc3n2C2CCCCC2)cc1. The second-order valence-corrected chi connectivity index (χ2v) is 6.31. The lowest BCUT2D eigenvalue weighted by Gasteiger charge is -2.21. The van der Waals surface area contributed by atoms with Crippen LogP contribution in [0.2, 0.25) is 0 Å². The molecule has 3 aromatic rings. The highest BCUT2D eigenvalue weighted by Gasteiger charge is 2.27. The van der Waals surface area contributed by atoms with Crippen LogP contribution in [0.15, 0.2) is 48.9 Å². The molecular formula is C18H19N4O2+. The Bertz CT molecular complexity index is 880. The van der Waals surface area contributed by atoms with E-state index in [-0.39, 0.29) is 10.6 Å². The quantitative estimate of drug-likeness (QED) is 0.419. The van der Waals surface area contributed by atoms with Gasteiger partial charge in [-0.1, -0.05) is 11.4 Å². The second kappa shape index (κ2) is 6.03. The number of aromatic nitrogens is 3. The van der Waals surface area contributed by atoms with Gasteiger partial charge < -0.3 is 0 Å². The molecule has 1 aromatic carbocycles. The van der Waals surface area contributed by atoms with E-state index in [1.807, 2.05) is 35.0 Å². The first-order chi connectivity index (χ1) is 11.7. The van der Waals surface area contributed by atoms with Crippen molar-refractivity contribution in [1.82, 2.24) is 9.55 Å². The van der Waals surface area contributed by atoms with Crippen LogP contribution in [-0.2, 0) is 0 Å². The number of nitrogens with zero attached hydrogens (tertiary/aromatic N) is 4. The first-order valence-corrected chi connectivity index (χ1v) is 8.36. The Balaban J connectivity index is 1.85. The third-order valence-corrected chi connectivity index (χ3v) is 4.80. The Morgan fingerprint density at radius 1 is 1.17 bits per heavy atom. The van der Waals surface area contributed by atoms with Gasteiger partial charge in [0.05, 0.1) is 17.2 Å². The molecule has 6 nitrogen and oxygen atoms in total. The second-order valence-electron chi connectivity index (χ2n) is 6.31. The fourth-order valence-electron chi connectivity index (χ4n) is 3.63. The van der Waals surface area contributed by atoms with E-state index in [0.717, 1.165) is 29.9 Å². The number of hydrogen-bond acceptors (Lipinski definition) is 3. The number of nitro benzene ring substituents is 1. The van der Waals surface area contributed by atoms with Gasteiger partial charge in [-0.25, -0.2) is 8.97 Å². The smallest absolute Gasteiger partial charge is 0.258 e. The molecule has 0 atom stereocenters. The molecule has 0 unspecified atom stereocenters. The molecule has 0 amide bonds. The summed E-state index contributed by atoms with van der Waals surface area (Å²) in [5, 5.41) is 10.9. The fraction of sp³-hybridized carbons (Fsp3) is 0.333. The largest absolute Gasteiger partial charge is 0.403 e. The van der Waals surface area contributed by atoms with Crippen LogP contribution in [0.1, 0.15) is 38.1 Å². The van der Waals surface area contributed by atoms with Gasteiger partial charge in [-0.2, -0.15) is 0 Å². The normalized spacial score (nSPS) is 15.7. The Labute approximate surface area is 139 Å². The number of imidazole rings is 1. The summed E-state index contributed by atoms with van der Waals surface area (Å²) in [5.41, 5.74) is 2.16. The van der Waals surface area contributed by atoms with Crippen LogP contribution >= 0.6 is 0 Å². The monoisotopic (exact) mass is 323 g/mol. The van der Waals surface area contributed by atoms with E-state index in [4.69, 9.17) is 0 Å². The number of non-ortho nitro benzene ring substituents is 1. The molecule has 0 N–H and O–H groups in total. The minimum Gasteiger partial charge on any atom is -0.258 e. The first kappa shape index (κ1) is 14.8. The molecule has 0 bridgehead atoms. The summed E-state index contributed by atoms with van der Waals surface area (Å²) >= 11 is 0. The molecule has 24 heavy (non-hydrogen) atoms. The summed E-state index contributed by atoms with van der Waals surface area (Å²) in [6.07, 6.45) is 12.0. The van der Waals surface area contributed by atoms with Crippen LogP contribution in [0.5, 0.6) is 0 Å². The molecule has 1 aliphatic rings. The maximum absolute atomic E-state index is 10.9. The van der Waals surface area contributed by atoms with E-state index in [0.29, 0.717) is 6.04 Å². The van der Waals surface area contributed by atoms with E-state index in [1.165, 1.54) is 19.3 Å². The van der Waals surface area contributed by atoms with Crippen LogP contribution in [-0.4, -0.2) is 14.5 Å². The number of benzene rings is 1. The molecule has 4 rings (SSSR count). The van der Waals surface area contributed by atoms with Crippen molar-refractivity contribution in [2.75, 3.05) is 0 Å². The molecule has 122 valence electrons. The van der Waals surface area contributed by atoms with Gasteiger partial charge in [0.2, 0.25) is 0 Å². The Morgan fingerprint density at radius 3 is 2.62 bits per heavy atom. The minimum absolute atomic E-state index is 0.116. The molecule has 1 fully saturated rings. The molecular weight excluding hydrogens is 304 g/mol. The first-order valence-electron chi connectivity index (χ1n) is 8.36. The zero-order valence-corrected chi connectivity index (χ0v) is 13.3. The van der Waals surface area contributed by atoms with E-state index in [1.54, 1.807) is 12.1 Å². The fourth-order valence-corrected chi connectivity index (χ4v) is 3.63. The van der Waals surface area contributed by atoms with Crippen molar-refractivity contribution in [2.24, 2.45) is 0 Å². The highest BCUT2D eigenvalue weighted by molar-refractivity contribution is 5.62. The van der Waals surface area contributed by atoms with Gasteiger partial charge in [0, 0.05) is 23.8 Å². The third kappa shape index (κ3) is 2.54. The van der Waals surface area contributed by atoms with Gasteiger partial charge in [-0.15, -0.1) is 0 Å². The maximum Gasteiger partial charge on any atom is 0.403 e. The summed E-state index contributed by atoms with van der Waals surface area (Å²) in [7, 11) is 0. The molecule has 6 heteroatoms. The summed E-state index contributed by atoms with van der Waals surface area (Å²) in [6, 6.07) is 9.13. The van der Waals surface area contributed by atoms with Gasteiger partial charge in [-0.05, 0) is 37.8 Å². The van der Waals surface area contributed by atoms with Crippen molar-refractivity contribution in [2.45, 2.75) is 38.1 Å². The summed E-state index contributed by atoms with van der Waals surface area (Å²) in [4.78, 5) is 15.1. The van der Waals surface area contributed by atoms with Crippen LogP contribution < -0.4 is 4.40 Å². The van der Waals surface area contributed by atoms with Gasteiger partial charge in [0.1, 0.15) is 18.1 Å². The highest BCUT2D eigenvalue weighted by Crippen LogP contribution is 2.33. The van der Waals surface area contributed by atoms with Crippen molar-refractivity contribution >= 4 is 11.5 Å². The van der Waals surface area contributed by atoms with Crippen LogP contribution in [0.25, 0.3) is 17.0 Å². The van der Waals surface area contributed by atoms with Crippen LogP contribution in [0.3, 0.4) is 0 Å². The molecule has 2 aromatic heterocycles. The predicted octanol–water partition coefficient (Wildman–Crippen LogP) is 3.70. The molecule has 1 aliphatic carbocycles. The van der Waals surface area contributed by atoms with E-state index in [9.17, 15) is 10.1 Å². The van der Waals surface area contributed by atoms with Crippen LogP contribution in [0.4, 0.5) is 5.69 Å². The molecule has 2 heterocycles. The lowest BCUT2D eigenvalue weighted by Crippen LogP contribution is -2.22. The Kier molecular flexibility index (Phi) is 3.72. The molecule has 0 spiro atoms. The van der Waals surface area contributed by atoms with Gasteiger partial charge in [0.25, 0.3) is 5.69 Å². The van der Waals surface area contributed by atoms with Crippen molar-refractivity contribution in [3.63, 3.8) is 0 Å². The van der Waals surface area contributed by atoms with E-state index in [2.05, 4.69) is 15.7 Å². The molecule has 0 aliphatic heterocycles. The lowest BCUT2D eigenvalue weighted by atomic mass is 9.95. The zero-order valence-electron chi connectivity index (χ0n) is 13.3. The third-order valence-electron chi connectivity index (χ3n) is 4.80. The Morgan fingerprint density at radius 2 is 1.92 bits per heavy atom. The van der Waals surface area contributed by atoms with Crippen LogP contribution in [0, 0.1) is 10.1 Å². The number of hydrogen-bond donors (Lipinski definition) is 0. The van der Waals surface area contributed by atoms with Crippen molar-refractivity contribution < 1.29 is 9.32 Å². The van der Waals surface area contributed by atoms with Crippen molar-refractivity contribution in [3.05, 3.63) is 59.0 Å². The highest BCUT2D eigenvalue weighted by atomic mass is 16.6. The van der Waals surface area contributed by atoms with Gasteiger partial charge >= 0.3 is 5.78 Å². The van der Waals surface area contributed by atoms with Gasteiger partial charge in [-0.3, -0.25) is 10.1 Å². The number of rotatable bonds is 3. The Hall–Kier alpha value is -2.76. The van der Waals surface area contributed by atoms with Crippen molar-refractivity contribution in [3.8, 4) is 11.3 Å². The summed E-state index contributed by atoms with van der Waals surface area (Å²) < 4.78 is 4.34.